The number of allylic oxidation sites excluding steroid dienone is 6. The summed E-state index contributed by atoms with van der Waals surface area (Å²) in [5.74, 6) is 0.648. The molecule has 4 unspecified atom stereocenters. The Labute approximate surface area is 250 Å². The largest absolute Gasteiger partial charge is 0.494 e. The molecule has 4 bridgehead atoms. The van der Waals surface area contributed by atoms with Crippen LogP contribution in [-0.2, 0) is 17.3 Å². The maximum absolute atomic E-state index is 11.3. The zero-order chi connectivity index (χ0) is 29.7. The predicted octanol–water partition coefficient (Wildman–Crippen LogP) is 7.42. The minimum atomic E-state index is -0.293. The Morgan fingerprint density at radius 1 is 0.628 bits per heavy atom. The highest BCUT2D eigenvalue weighted by molar-refractivity contribution is 5.66. The Kier molecular flexibility index (Phi) is 5.31. The van der Waals surface area contributed by atoms with Crippen molar-refractivity contribution in [1.29, 1.82) is 0 Å². The molecule has 4 aliphatic carbocycles. The molecule has 6 heteroatoms. The summed E-state index contributed by atoms with van der Waals surface area (Å²) in [6.45, 7) is 7.82. The fraction of sp³-hybridized carbons (Fsp3) is 0.243. The maximum atomic E-state index is 11.3. The summed E-state index contributed by atoms with van der Waals surface area (Å²) >= 11 is 0. The van der Waals surface area contributed by atoms with Crippen LogP contribution >= 0.6 is 0 Å². The molecule has 0 fully saturated rings. The molecule has 4 aromatic rings. The first-order chi connectivity index (χ1) is 20.8. The molecule has 43 heavy (non-hydrogen) atoms. The molecule has 6 nitrogen and oxygen atoms in total. The third kappa shape index (κ3) is 3.35. The lowest BCUT2D eigenvalue weighted by molar-refractivity contribution is 0.386. The van der Waals surface area contributed by atoms with Crippen LogP contribution in [0.5, 0.6) is 23.5 Å². The quantitative estimate of drug-likeness (QED) is 0.166. The van der Waals surface area contributed by atoms with Crippen molar-refractivity contribution < 1.29 is 20.4 Å². The first-order valence-corrected chi connectivity index (χ1v) is 14.9. The van der Waals surface area contributed by atoms with E-state index in [0.29, 0.717) is 17.8 Å². The zero-order valence-corrected chi connectivity index (χ0v) is 23.9. The van der Waals surface area contributed by atoms with Gasteiger partial charge in [-0.3, -0.25) is 9.13 Å². The Balaban J connectivity index is 1.04. The fourth-order valence-electron chi connectivity index (χ4n) is 8.51. The molecule has 0 amide bonds. The molecule has 216 valence electrons. The van der Waals surface area contributed by atoms with E-state index in [-0.39, 0.29) is 46.2 Å². The molecule has 0 saturated heterocycles. The van der Waals surface area contributed by atoms with Crippen molar-refractivity contribution in [2.75, 3.05) is 0 Å². The lowest BCUT2D eigenvalue weighted by atomic mass is 9.81. The topological polar surface area (TPSA) is 90.8 Å². The highest BCUT2D eigenvalue weighted by atomic mass is 16.3. The van der Waals surface area contributed by atoms with Crippen LogP contribution in [-0.4, -0.2) is 29.6 Å². The summed E-state index contributed by atoms with van der Waals surface area (Å²) < 4.78 is 3.10. The van der Waals surface area contributed by atoms with Gasteiger partial charge >= 0.3 is 0 Å². The molecule has 4 aliphatic rings. The van der Waals surface area contributed by atoms with E-state index in [2.05, 4.69) is 37.5 Å². The third-order valence-corrected chi connectivity index (χ3v) is 10.3. The molecule has 2 aromatic carbocycles. The Morgan fingerprint density at radius 3 is 1.40 bits per heavy atom. The van der Waals surface area contributed by atoms with E-state index in [9.17, 15) is 20.4 Å². The monoisotopic (exact) mass is 570 g/mol. The molecule has 0 spiro atoms. The second kappa shape index (κ2) is 8.83. The molecule has 2 aromatic heterocycles. The van der Waals surface area contributed by atoms with Gasteiger partial charge in [0.25, 0.3) is 0 Å². The standard InChI is InChI=1S/C37H34N2O4/c1-3-15-36-17-13-24(20-36)28-30(36)34(42)38(32(28)40)26-9-5-22(6-10-26)19-23-7-11-27(12-8-23)39-33(41)29-25-14-18-37(21-25,16-4-2)31(29)35(39)43/h3-14,17-18,24-25,40-43H,1-2,15-16,19-21H2. The van der Waals surface area contributed by atoms with Crippen LogP contribution in [0.3, 0.4) is 0 Å². The number of aromatic nitrogens is 2. The van der Waals surface area contributed by atoms with Gasteiger partial charge in [-0.05, 0) is 67.5 Å². The van der Waals surface area contributed by atoms with E-state index in [1.807, 2.05) is 60.7 Å². The van der Waals surface area contributed by atoms with Crippen LogP contribution in [0.1, 0.15) is 70.9 Å². The van der Waals surface area contributed by atoms with Crippen molar-refractivity contribution in [2.24, 2.45) is 0 Å². The van der Waals surface area contributed by atoms with Crippen molar-refractivity contribution in [1.82, 2.24) is 9.13 Å². The number of nitrogens with zero attached hydrogens (tertiary/aromatic N) is 2. The SMILES string of the molecule is C=CCC12C=CC(C1)c1c2c(O)n(-c2ccc(Cc3ccc(-n4c(O)c5c(c4O)C4(CC=C)C=CC5C4)cc3)cc2)c1O. The van der Waals surface area contributed by atoms with E-state index >= 15 is 0 Å². The average molecular weight is 571 g/mol. The molecule has 2 heterocycles. The zero-order valence-electron chi connectivity index (χ0n) is 23.9. The molecule has 0 aliphatic heterocycles. The van der Waals surface area contributed by atoms with Gasteiger partial charge < -0.3 is 20.4 Å². The summed E-state index contributed by atoms with van der Waals surface area (Å²) in [6.07, 6.45) is 16.2. The van der Waals surface area contributed by atoms with Crippen molar-refractivity contribution in [3.05, 3.63) is 132 Å². The van der Waals surface area contributed by atoms with Gasteiger partial charge in [-0.1, -0.05) is 60.7 Å². The second-order valence-corrected chi connectivity index (χ2v) is 12.7. The van der Waals surface area contributed by atoms with Gasteiger partial charge in [0.2, 0.25) is 23.5 Å². The van der Waals surface area contributed by atoms with Crippen molar-refractivity contribution in [3.63, 3.8) is 0 Å². The highest BCUT2D eigenvalue weighted by Crippen LogP contribution is 2.63. The van der Waals surface area contributed by atoms with Crippen LogP contribution in [0.15, 0.2) is 98.1 Å². The maximum Gasteiger partial charge on any atom is 0.203 e. The Morgan fingerprint density at radius 2 is 1.02 bits per heavy atom. The number of aromatic hydroxyl groups is 4. The summed E-state index contributed by atoms with van der Waals surface area (Å²) in [4.78, 5) is 0. The number of hydrogen-bond donors (Lipinski definition) is 4. The predicted molar refractivity (Wildman–Crippen MR) is 167 cm³/mol. The summed E-state index contributed by atoms with van der Waals surface area (Å²) in [5.41, 5.74) is 6.31. The molecule has 0 radical (unpaired) electrons. The van der Waals surface area contributed by atoms with Crippen LogP contribution < -0.4 is 0 Å². The number of benzene rings is 2. The Bertz CT molecular complexity index is 1750. The Hall–Kier alpha value is -4.84. The second-order valence-electron chi connectivity index (χ2n) is 12.7. The van der Waals surface area contributed by atoms with E-state index in [0.717, 1.165) is 59.1 Å². The van der Waals surface area contributed by atoms with Gasteiger partial charge in [-0.15, -0.1) is 13.2 Å². The van der Waals surface area contributed by atoms with Crippen LogP contribution in [0.25, 0.3) is 11.4 Å². The van der Waals surface area contributed by atoms with Gasteiger partial charge in [-0.25, -0.2) is 0 Å². The smallest absolute Gasteiger partial charge is 0.203 e. The molecule has 8 rings (SSSR count). The van der Waals surface area contributed by atoms with E-state index in [1.165, 1.54) is 0 Å². The fourth-order valence-corrected chi connectivity index (χ4v) is 8.51. The minimum absolute atomic E-state index is 0.103. The van der Waals surface area contributed by atoms with Crippen molar-refractivity contribution >= 4 is 0 Å². The van der Waals surface area contributed by atoms with Gasteiger partial charge in [0, 0.05) is 44.9 Å². The van der Waals surface area contributed by atoms with Gasteiger partial charge in [0.1, 0.15) is 0 Å². The van der Waals surface area contributed by atoms with Crippen molar-refractivity contribution in [2.45, 2.75) is 54.8 Å². The van der Waals surface area contributed by atoms with Gasteiger partial charge in [-0.2, -0.15) is 0 Å². The normalized spacial score (nSPS) is 25.4. The highest BCUT2D eigenvalue weighted by Gasteiger charge is 2.51. The van der Waals surface area contributed by atoms with E-state index in [1.54, 1.807) is 9.13 Å². The average Bonchev–Trinajstić information content (AvgIpc) is 3.82. The van der Waals surface area contributed by atoms with Crippen LogP contribution in [0, 0.1) is 0 Å². The van der Waals surface area contributed by atoms with E-state index < -0.39 is 0 Å². The van der Waals surface area contributed by atoms with Crippen LogP contribution in [0.4, 0.5) is 0 Å². The van der Waals surface area contributed by atoms with E-state index in [4.69, 9.17) is 0 Å². The van der Waals surface area contributed by atoms with Crippen LogP contribution in [0.2, 0.25) is 0 Å². The summed E-state index contributed by atoms with van der Waals surface area (Å²) in [7, 11) is 0. The third-order valence-electron chi connectivity index (χ3n) is 10.3. The van der Waals surface area contributed by atoms with Gasteiger partial charge in [0.15, 0.2) is 0 Å². The lowest BCUT2D eigenvalue weighted by Crippen LogP contribution is -2.17. The van der Waals surface area contributed by atoms with Gasteiger partial charge in [0.05, 0.1) is 11.4 Å². The molecule has 0 saturated carbocycles. The molecular weight excluding hydrogens is 536 g/mol. The molecular formula is C37H34N2O4. The number of rotatable bonds is 8. The first kappa shape index (κ1) is 25.8. The molecule has 4 N–H and O–H groups in total. The first-order valence-electron chi connectivity index (χ1n) is 14.9. The lowest BCUT2D eigenvalue weighted by Gasteiger charge is -2.23. The number of hydrogen-bond acceptors (Lipinski definition) is 4. The molecule has 4 atom stereocenters. The summed E-state index contributed by atoms with van der Waals surface area (Å²) in [5, 5.41) is 44.8. The van der Waals surface area contributed by atoms with Crippen molar-refractivity contribution in [3.8, 4) is 34.9 Å². The minimum Gasteiger partial charge on any atom is -0.494 e. The number of fused-ring (bicyclic) bond motifs is 10. The summed E-state index contributed by atoms with van der Waals surface area (Å²) in [6, 6.07) is 15.7.